The molecule has 11 heavy (non-hydrogen) atoms. The lowest BCUT2D eigenvalue weighted by Crippen LogP contribution is -2.12. The van der Waals surface area contributed by atoms with Crippen molar-refractivity contribution in [2.75, 3.05) is 6.54 Å². The normalized spacial score (nSPS) is 17.5. The fourth-order valence-corrected chi connectivity index (χ4v) is 1.40. The Morgan fingerprint density at radius 1 is 1.55 bits per heavy atom. The van der Waals surface area contributed by atoms with E-state index >= 15 is 0 Å². The monoisotopic (exact) mass is 172 g/mol. The molecule has 1 N–H and O–H groups in total. The third kappa shape index (κ3) is 1.36. The summed E-state index contributed by atoms with van der Waals surface area (Å²) in [7, 11) is 0. The number of halogens is 1. The van der Waals surface area contributed by atoms with Gasteiger partial charge in [-0.15, -0.1) is 5.10 Å². The van der Waals surface area contributed by atoms with Gasteiger partial charge in [-0.05, 0) is 24.6 Å². The Hall–Kier alpha value is -0.610. The molecule has 60 valence electrons. The Morgan fingerprint density at radius 2 is 2.45 bits per heavy atom. The average Bonchev–Trinajstić information content (AvgIpc) is 2.17. The van der Waals surface area contributed by atoms with Gasteiger partial charge >= 0.3 is 0 Å². The van der Waals surface area contributed by atoms with Crippen molar-refractivity contribution in [3.63, 3.8) is 0 Å². The number of hydrogen-bond donors (Lipinski definition) is 1. The summed E-state index contributed by atoms with van der Waals surface area (Å²) in [6, 6.07) is 0. The van der Waals surface area contributed by atoms with Crippen molar-refractivity contribution < 1.29 is 0 Å². The maximum absolute atomic E-state index is 5.63. The first-order valence-corrected chi connectivity index (χ1v) is 4.04. The zero-order valence-corrected chi connectivity index (χ0v) is 6.80. The van der Waals surface area contributed by atoms with Gasteiger partial charge in [0.1, 0.15) is 5.82 Å². The van der Waals surface area contributed by atoms with E-state index < -0.39 is 0 Å². The molecule has 0 amide bonds. The quantitative estimate of drug-likeness (QED) is 0.617. The minimum Gasteiger partial charge on any atom is -0.310 e. The van der Waals surface area contributed by atoms with Crippen LogP contribution in [0.5, 0.6) is 0 Å². The molecule has 0 saturated carbocycles. The molecule has 0 spiro atoms. The second-order valence-corrected chi connectivity index (χ2v) is 2.89. The number of aryl methyl sites for hydroxylation is 1. The van der Waals surface area contributed by atoms with E-state index in [1.54, 1.807) is 0 Å². The van der Waals surface area contributed by atoms with Crippen molar-refractivity contribution in [1.29, 1.82) is 0 Å². The summed E-state index contributed by atoms with van der Waals surface area (Å²) in [6.07, 6.45) is 1.09. The lowest BCUT2D eigenvalue weighted by atomic mass is 10.4. The maximum Gasteiger partial charge on any atom is 0.242 e. The molecule has 0 aliphatic carbocycles. The number of nitrogens with zero attached hydrogens (tertiary/aromatic N) is 3. The summed E-state index contributed by atoms with van der Waals surface area (Å²) in [6.45, 7) is 2.73. The van der Waals surface area contributed by atoms with Crippen LogP contribution in [0.25, 0.3) is 0 Å². The van der Waals surface area contributed by atoms with Crippen molar-refractivity contribution in [2.24, 2.45) is 0 Å². The van der Waals surface area contributed by atoms with Gasteiger partial charge in [-0.25, -0.2) is 9.67 Å². The molecule has 1 aromatic rings. The van der Waals surface area contributed by atoms with Gasteiger partial charge in [-0.2, -0.15) is 0 Å². The molecule has 0 fully saturated rings. The lowest BCUT2D eigenvalue weighted by molar-refractivity contribution is 0.586. The van der Waals surface area contributed by atoms with Crippen LogP contribution in [0, 0.1) is 0 Å². The van der Waals surface area contributed by atoms with Gasteiger partial charge in [0.15, 0.2) is 0 Å². The molecule has 0 saturated heterocycles. The molecular weight excluding hydrogens is 164 g/mol. The number of aromatic nitrogens is 3. The molecule has 2 heterocycles. The van der Waals surface area contributed by atoms with Crippen LogP contribution in [-0.4, -0.2) is 21.3 Å². The van der Waals surface area contributed by atoms with E-state index in [1.165, 1.54) is 0 Å². The van der Waals surface area contributed by atoms with Crippen LogP contribution in [-0.2, 0) is 13.1 Å². The molecule has 0 unspecified atom stereocenters. The third-order valence-electron chi connectivity index (χ3n) is 1.73. The highest BCUT2D eigenvalue weighted by Gasteiger charge is 2.10. The Bertz CT molecular complexity index is 234. The topological polar surface area (TPSA) is 42.7 Å². The van der Waals surface area contributed by atoms with E-state index in [9.17, 15) is 0 Å². The third-order valence-corrected chi connectivity index (χ3v) is 1.89. The van der Waals surface area contributed by atoms with Crippen molar-refractivity contribution in [3.8, 4) is 0 Å². The fraction of sp³-hybridized carbons (Fsp3) is 0.667. The van der Waals surface area contributed by atoms with Gasteiger partial charge in [0.25, 0.3) is 0 Å². The van der Waals surface area contributed by atoms with Crippen LogP contribution in [0.15, 0.2) is 0 Å². The Morgan fingerprint density at radius 3 is 3.36 bits per heavy atom. The highest BCUT2D eigenvalue weighted by molar-refractivity contribution is 6.28. The Labute approximate surface area is 69.6 Å². The van der Waals surface area contributed by atoms with Crippen LogP contribution in [0.3, 0.4) is 0 Å². The van der Waals surface area contributed by atoms with E-state index in [2.05, 4.69) is 15.4 Å². The number of rotatable bonds is 0. The summed E-state index contributed by atoms with van der Waals surface area (Å²) in [5.41, 5.74) is 0. The molecule has 1 aromatic heterocycles. The van der Waals surface area contributed by atoms with Crippen LogP contribution in [0.4, 0.5) is 0 Å². The molecule has 0 bridgehead atoms. The van der Waals surface area contributed by atoms with Crippen LogP contribution >= 0.6 is 11.6 Å². The minimum absolute atomic E-state index is 0.351. The van der Waals surface area contributed by atoms with E-state index in [4.69, 9.17) is 11.6 Å². The fourth-order valence-electron chi connectivity index (χ4n) is 1.21. The van der Waals surface area contributed by atoms with E-state index in [1.807, 2.05) is 4.68 Å². The van der Waals surface area contributed by atoms with Gasteiger partial charge in [-0.3, -0.25) is 0 Å². The smallest absolute Gasteiger partial charge is 0.242 e. The zero-order chi connectivity index (χ0) is 7.68. The number of hydrogen-bond acceptors (Lipinski definition) is 3. The number of fused-ring (bicyclic) bond motifs is 1. The SMILES string of the molecule is Clc1nc2n(n1)CCCNC2. The summed E-state index contributed by atoms with van der Waals surface area (Å²) in [4.78, 5) is 4.07. The first-order chi connectivity index (χ1) is 5.36. The van der Waals surface area contributed by atoms with Gasteiger partial charge in [0, 0.05) is 6.54 Å². The van der Waals surface area contributed by atoms with Gasteiger partial charge < -0.3 is 5.32 Å². The van der Waals surface area contributed by atoms with E-state index in [0.29, 0.717) is 5.28 Å². The van der Waals surface area contributed by atoms with Crippen molar-refractivity contribution in [1.82, 2.24) is 20.1 Å². The predicted octanol–water partition coefficient (Wildman–Crippen LogP) is 0.425. The molecule has 0 aromatic carbocycles. The van der Waals surface area contributed by atoms with Gasteiger partial charge in [0.2, 0.25) is 5.28 Å². The summed E-state index contributed by atoms with van der Waals surface area (Å²) in [5, 5.41) is 7.63. The predicted molar refractivity (Wildman–Crippen MR) is 41.4 cm³/mol. The zero-order valence-electron chi connectivity index (χ0n) is 6.05. The summed E-state index contributed by atoms with van der Waals surface area (Å²) in [5.74, 6) is 0.938. The Kier molecular flexibility index (Phi) is 1.79. The first-order valence-electron chi connectivity index (χ1n) is 3.66. The highest BCUT2D eigenvalue weighted by Crippen LogP contribution is 2.06. The van der Waals surface area contributed by atoms with Gasteiger partial charge in [-0.1, -0.05) is 0 Å². The molecule has 1 aliphatic heterocycles. The Balaban J connectivity index is 2.32. The van der Waals surface area contributed by atoms with Crippen molar-refractivity contribution in [2.45, 2.75) is 19.5 Å². The second kappa shape index (κ2) is 2.79. The molecule has 1 aliphatic rings. The van der Waals surface area contributed by atoms with Crippen LogP contribution < -0.4 is 5.32 Å². The first kappa shape index (κ1) is 7.06. The van der Waals surface area contributed by atoms with Crippen LogP contribution in [0.2, 0.25) is 5.28 Å². The summed E-state index contributed by atoms with van der Waals surface area (Å²) < 4.78 is 1.86. The molecule has 2 rings (SSSR count). The molecule has 5 heteroatoms. The molecular formula is C6H9ClN4. The van der Waals surface area contributed by atoms with E-state index in [-0.39, 0.29) is 0 Å². The maximum atomic E-state index is 5.63. The van der Waals surface area contributed by atoms with Crippen molar-refractivity contribution >= 4 is 11.6 Å². The lowest BCUT2D eigenvalue weighted by Gasteiger charge is -1.95. The molecule has 0 radical (unpaired) electrons. The largest absolute Gasteiger partial charge is 0.310 e. The number of nitrogens with one attached hydrogen (secondary N) is 1. The van der Waals surface area contributed by atoms with Gasteiger partial charge in [0.05, 0.1) is 6.54 Å². The standard InChI is InChI=1S/C6H9ClN4/c7-6-9-5-4-8-2-1-3-11(5)10-6/h8H,1-4H2. The minimum atomic E-state index is 0.351. The second-order valence-electron chi connectivity index (χ2n) is 2.55. The highest BCUT2D eigenvalue weighted by atomic mass is 35.5. The van der Waals surface area contributed by atoms with Crippen LogP contribution in [0.1, 0.15) is 12.2 Å². The molecule has 0 atom stereocenters. The average molecular weight is 173 g/mol. The molecule has 4 nitrogen and oxygen atoms in total. The van der Waals surface area contributed by atoms with Crippen molar-refractivity contribution in [3.05, 3.63) is 11.1 Å². The van der Waals surface area contributed by atoms with E-state index in [0.717, 1.165) is 31.9 Å². The summed E-state index contributed by atoms with van der Waals surface area (Å²) >= 11 is 5.63.